The van der Waals surface area contributed by atoms with Crippen LogP contribution in [0.3, 0.4) is 0 Å². The molecular weight excluding hydrogens is 150 g/mol. The largest absolute Gasteiger partial charge is 0.340 e. The molecule has 0 aromatic heterocycles. The topological polar surface area (TPSA) is 12.0 Å². The van der Waals surface area contributed by atoms with Crippen LogP contribution in [-0.2, 0) is 0 Å². The zero-order valence-corrected chi connectivity index (χ0v) is 9.73. The number of nitrogens with one attached hydrogen (secondary N) is 1. The lowest BCUT2D eigenvalue weighted by Crippen LogP contribution is -2.26. The van der Waals surface area contributed by atoms with Crippen molar-refractivity contribution in [1.82, 2.24) is 4.98 Å². The highest BCUT2D eigenvalue weighted by Crippen LogP contribution is 2.01. The van der Waals surface area contributed by atoms with E-state index in [9.17, 15) is 0 Å². The number of hydrogen-bond donors (Lipinski definition) is 1. The average molecular weight is 173 g/mol. The van der Waals surface area contributed by atoms with Crippen LogP contribution in [0.5, 0.6) is 0 Å². The molecule has 0 bridgehead atoms. The fourth-order valence-electron chi connectivity index (χ4n) is 1.12. The highest BCUT2D eigenvalue weighted by molar-refractivity contribution is 6.32. The summed E-state index contributed by atoms with van der Waals surface area (Å²) in [6.45, 7) is 6.74. The normalized spacial score (nSPS) is 12.0. The second kappa shape index (κ2) is 8.28. The van der Waals surface area contributed by atoms with Crippen molar-refractivity contribution >= 4 is 9.68 Å². The predicted molar refractivity (Wildman–Crippen MR) is 55.8 cm³/mol. The van der Waals surface area contributed by atoms with Crippen LogP contribution in [0.25, 0.3) is 0 Å². The van der Waals surface area contributed by atoms with Gasteiger partial charge in [-0.25, -0.2) is 0 Å². The second-order valence-corrected chi connectivity index (χ2v) is 5.14. The van der Waals surface area contributed by atoms with Gasteiger partial charge in [0.25, 0.3) is 0 Å². The molecule has 0 aliphatic rings. The Hall–Kier alpha value is 0.177. The molecule has 1 N–H and O–H groups in total. The molecule has 0 saturated heterocycles. The summed E-state index contributed by atoms with van der Waals surface area (Å²) in [5, 5.41) is 0. The lowest BCUT2D eigenvalue weighted by atomic mass is 10.2. The van der Waals surface area contributed by atoms with Gasteiger partial charge in [-0.3, -0.25) is 0 Å². The highest BCUT2D eigenvalue weighted by atomic mass is 28.2. The zero-order valence-electron chi connectivity index (χ0n) is 8.32. The van der Waals surface area contributed by atoms with Crippen LogP contribution in [0, 0.1) is 0 Å². The van der Waals surface area contributed by atoms with Crippen LogP contribution in [-0.4, -0.2) is 15.7 Å². The van der Waals surface area contributed by atoms with Gasteiger partial charge in [-0.1, -0.05) is 46.5 Å². The van der Waals surface area contributed by atoms with E-state index in [1.54, 1.807) is 0 Å². The minimum atomic E-state index is 0.0859. The minimum Gasteiger partial charge on any atom is -0.340 e. The molecule has 0 amide bonds. The van der Waals surface area contributed by atoms with Gasteiger partial charge >= 0.3 is 0 Å². The van der Waals surface area contributed by atoms with Crippen molar-refractivity contribution < 1.29 is 0 Å². The molecule has 0 radical (unpaired) electrons. The maximum Gasteiger partial charge on any atom is 0.0918 e. The fraction of sp³-hybridized carbons (Fsp3) is 1.00. The fourth-order valence-corrected chi connectivity index (χ4v) is 2.50. The Kier molecular flexibility index (Phi) is 8.41. The van der Waals surface area contributed by atoms with Crippen molar-refractivity contribution in [2.75, 3.05) is 0 Å². The van der Waals surface area contributed by atoms with Crippen molar-refractivity contribution in [2.24, 2.45) is 0 Å². The SMILES string of the molecule is CCCCCC[SiH2]NC(C)C. The van der Waals surface area contributed by atoms with Gasteiger partial charge < -0.3 is 4.98 Å². The first-order valence-electron chi connectivity index (χ1n) is 5.00. The Balaban J connectivity index is 2.80. The van der Waals surface area contributed by atoms with Gasteiger partial charge in [0.1, 0.15) is 0 Å². The molecule has 2 heteroatoms. The molecule has 0 unspecified atom stereocenters. The van der Waals surface area contributed by atoms with Crippen molar-refractivity contribution in [3.63, 3.8) is 0 Å². The molecule has 0 aromatic carbocycles. The number of unbranched alkanes of at least 4 members (excludes halogenated alkanes) is 3. The van der Waals surface area contributed by atoms with Crippen molar-refractivity contribution in [2.45, 2.75) is 58.5 Å². The quantitative estimate of drug-likeness (QED) is 0.459. The molecule has 0 aliphatic carbocycles. The number of hydrogen-bond acceptors (Lipinski definition) is 1. The van der Waals surface area contributed by atoms with E-state index in [0.29, 0.717) is 6.04 Å². The molecular formula is C9H23NSi. The van der Waals surface area contributed by atoms with E-state index in [2.05, 4.69) is 25.8 Å². The summed E-state index contributed by atoms with van der Waals surface area (Å²) in [4.78, 5) is 3.56. The van der Waals surface area contributed by atoms with Crippen LogP contribution in [0.1, 0.15) is 46.5 Å². The molecule has 0 rings (SSSR count). The van der Waals surface area contributed by atoms with Gasteiger partial charge in [-0.2, -0.15) is 0 Å². The zero-order chi connectivity index (χ0) is 8.53. The second-order valence-electron chi connectivity index (χ2n) is 3.52. The summed E-state index contributed by atoms with van der Waals surface area (Å²) in [6, 6.07) is 2.20. The monoisotopic (exact) mass is 173 g/mol. The van der Waals surface area contributed by atoms with Gasteiger partial charge in [-0.15, -0.1) is 0 Å². The molecule has 0 saturated carbocycles. The molecule has 0 spiro atoms. The van der Waals surface area contributed by atoms with E-state index in [-0.39, 0.29) is 9.68 Å². The third kappa shape index (κ3) is 10.2. The van der Waals surface area contributed by atoms with E-state index < -0.39 is 0 Å². The van der Waals surface area contributed by atoms with Crippen LogP contribution in [0.2, 0.25) is 6.04 Å². The maximum atomic E-state index is 3.56. The van der Waals surface area contributed by atoms with Gasteiger partial charge in [-0.05, 0) is 12.1 Å². The first-order chi connectivity index (χ1) is 5.27. The lowest BCUT2D eigenvalue weighted by Gasteiger charge is -2.06. The van der Waals surface area contributed by atoms with Crippen LogP contribution in [0.4, 0.5) is 0 Å². The Morgan fingerprint density at radius 1 is 1.18 bits per heavy atom. The third-order valence-corrected chi connectivity index (χ3v) is 3.79. The van der Waals surface area contributed by atoms with Gasteiger partial charge in [0.15, 0.2) is 0 Å². The Morgan fingerprint density at radius 3 is 2.45 bits per heavy atom. The average Bonchev–Trinajstić information content (AvgIpc) is 1.96. The molecule has 0 aromatic rings. The van der Waals surface area contributed by atoms with Crippen molar-refractivity contribution in [3.8, 4) is 0 Å². The van der Waals surface area contributed by atoms with Crippen LogP contribution >= 0.6 is 0 Å². The third-order valence-electron chi connectivity index (χ3n) is 1.83. The Labute approximate surface area is 73.9 Å². The Morgan fingerprint density at radius 2 is 1.91 bits per heavy atom. The van der Waals surface area contributed by atoms with E-state index in [0.717, 1.165) is 0 Å². The van der Waals surface area contributed by atoms with Crippen LogP contribution in [0.15, 0.2) is 0 Å². The van der Waals surface area contributed by atoms with Gasteiger partial charge in [0, 0.05) is 0 Å². The molecule has 0 aliphatic heterocycles. The van der Waals surface area contributed by atoms with Gasteiger partial charge in [0.2, 0.25) is 0 Å². The molecule has 11 heavy (non-hydrogen) atoms. The van der Waals surface area contributed by atoms with E-state index in [4.69, 9.17) is 0 Å². The predicted octanol–water partition coefficient (Wildman–Crippen LogP) is 2.07. The first kappa shape index (κ1) is 11.2. The standard InChI is InChI=1S/C9H23NSi/c1-4-5-6-7-8-11-10-9(2)3/h9-10H,4-8,11H2,1-3H3. The van der Waals surface area contributed by atoms with Gasteiger partial charge in [0.05, 0.1) is 9.68 Å². The van der Waals surface area contributed by atoms with Crippen LogP contribution < -0.4 is 4.98 Å². The molecule has 0 atom stereocenters. The minimum absolute atomic E-state index is 0.0859. The summed E-state index contributed by atoms with van der Waals surface area (Å²) >= 11 is 0. The van der Waals surface area contributed by atoms with Crippen molar-refractivity contribution in [3.05, 3.63) is 0 Å². The van der Waals surface area contributed by atoms with E-state index >= 15 is 0 Å². The molecule has 0 heterocycles. The summed E-state index contributed by atoms with van der Waals surface area (Å²) < 4.78 is 0. The molecule has 1 nitrogen and oxygen atoms in total. The van der Waals surface area contributed by atoms with E-state index in [1.165, 1.54) is 31.7 Å². The summed E-state index contributed by atoms with van der Waals surface area (Å²) in [5.41, 5.74) is 0. The molecule has 68 valence electrons. The smallest absolute Gasteiger partial charge is 0.0918 e. The first-order valence-corrected chi connectivity index (χ1v) is 6.71. The lowest BCUT2D eigenvalue weighted by molar-refractivity contribution is 0.691. The van der Waals surface area contributed by atoms with Crippen molar-refractivity contribution in [1.29, 1.82) is 0 Å². The molecule has 0 fully saturated rings. The maximum absolute atomic E-state index is 3.56. The Bertz CT molecular complexity index is 74.0. The summed E-state index contributed by atoms with van der Waals surface area (Å²) in [7, 11) is 0.0859. The van der Waals surface area contributed by atoms with E-state index in [1.807, 2.05) is 0 Å². The number of rotatable bonds is 7. The summed E-state index contributed by atoms with van der Waals surface area (Å²) in [6.07, 6.45) is 5.69. The summed E-state index contributed by atoms with van der Waals surface area (Å²) in [5.74, 6) is 0. The highest BCUT2D eigenvalue weighted by Gasteiger charge is 1.92.